The molecule has 1 aromatic carbocycles. The molecule has 0 amide bonds. The number of unbranched alkanes of at least 4 members (excludes halogenated alkanes) is 1. The van der Waals surface area contributed by atoms with E-state index in [1.807, 2.05) is 0 Å². The van der Waals surface area contributed by atoms with Crippen molar-refractivity contribution >= 4 is 5.97 Å². The van der Waals surface area contributed by atoms with Crippen LogP contribution < -0.4 is 0 Å². The minimum Gasteiger partial charge on any atom is -0.481 e. The van der Waals surface area contributed by atoms with E-state index in [0.717, 1.165) is 0 Å². The zero-order valence-corrected chi connectivity index (χ0v) is 9.73. The van der Waals surface area contributed by atoms with Crippen molar-refractivity contribution in [1.82, 2.24) is 0 Å². The van der Waals surface area contributed by atoms with Crippen molar-refractivity contribution in [3.8, 4) is 0 Å². The van der Waals surface area contributed by atoms with E-state index in [1.165, 1.54) is 0 Å². The van der Waals surface area contributed by atoms with Crippen LogP contribution in [0.2, 0.25) is 0 Å². The zero-order chi connectivity index (χ0) is 14.6. The SMILES string of the molecule is O=C(O)CCCCC(F)(F)c1c(F)cc(F)cc1F. The standard InChI is InChI=1S/C12H11F5O2/c13-7-5-8(14)11(9(15)6-7)12(16,17)4-2-1-3-10(18)19/h5-6H,1-4H2,(H,18,19). The van der Waals surface area contributed by atoms with Gasteiger partial charge in [0.1, 0.15) is 17.5 Å². The molecule has 0 fully saturated rings. The molecular weight excluding hydrogens is 271 g/mol. The fourth-order valence-corrected chi connectivity index (χ4v) is 1.64. The topological polar surface area (TPSA) is 37.3 Å². The lowest BCUT2D eigenvalue weighted by molar-refractivity contribution is -0.137. The molecule has 0 aliphatic carbocycles. The van der Waals surface area contributed by atoms with E-state index in [9.17, 15) is 26.7 Å². The van der Waals surface area contributed by atoms with Gasteiger partial charge in [-0.3, -0.25) is 4.79 Å². The van der Waals surface area contributed by atoms with Crippen molar-refractivity contribution in [3.05, 3.63) is 35.1 Å². The van der Waals surface area contributed by atoms with Gasteiger partial charge in [-0.15, -0.1) is 0 Å². The van der Waals surface area contributed by atoms with E-state index in [4.69, 9.17) is 5.11 Å². The van der Waals surface area contributed by atoms with Crippen LogP contribution in [0, 0.1) is 17.5 Å². The summed E-state index contributed by atoms with van der Waals surface area (Å²) >= 11 is 0. The monoisotopic (exact) mass is 282 g/mol. The van der Waals surface area contributed by atoms with E-state index < -0.39 is 41.3 Å². The van der Waals surface area contributed by atoms with Crippen LogP contribution in [-0.4, -0.2) is 11.1 Å². The highest BCUT2D eigenvalue weighted by molar-refractivity contribution is 5.66. The number of carboxylic acids is 1. The maximum atomic E-state index is 13.6. The molecule has 0 aromatic heterocycles. The summed E-state index contributed by atoms with van der Waals surface area (Å²) in [5.41, 5.74) is -1.48. The van der Waals surface area contributed by atoms with Gasteiger partial charge < -0.3 is 5.11 Å². The minimum absolute atomic E-state index is 0.0324. The Morgan fingerprint density at radius 3 is 2.11 bits per heavy atom. The van der Waals surface area contributed by atoms with E-state index in [2.05, 4.69) is 0 Å². The molecule has 0 bridgehead atoms. The van der Waals surface area contributed by atoms with Crippen molar-refractivity contribution in [3.63, 3.8) is 0 Å². The van der Waals surface area contributed by atoms with E-state index >= 15 is 0 Å². The van der Waals surface area contributed by atoms with E-state index in [-0.39, 0.29) is 31.4 Å². The third-order valence-electron chi connectivity index (χ3n) is 2.50. The summed E-state index contributed by atoms with van der Waals surface area (Å²) < 4.78 is 66.2. The first-order valence-electron chi connectivity index (χ1n) is 5.48. The van der Waals surface area contributed by atoms with Gasteiger partial charge in [0.15, 0.2) is 0 Å². The van der Waals surface area contributed by atoms with E-state index in [0.29, 0.717) is 0 Å². The van der Waals surface area contributed by atoms with Crippen LogP contribution in [0.5, 0.6) is 0 Å². The van der Waals surface area contributed by atoms with Crippen LogP contribution in [-0.2, 0) is 10.7 Å². The zero-order valence-electron chi connectivity index (χ0n) is 9.73. The first-order valence-corrected chi connectivity index (χ1v) is 5.48. The van der Waals surface area contributed by atoms with Gasteiger partial charge in [0.05, 0.1) is 5.56 Å². The van der Waals surface area contributed by atoms with Crippen LogP contribution >= 0.6 is 0 Å². The molecule has 19 heavy (non-hydrogen) atoms. The fraction of sp³-hybridized carbons (Fsp3) is 0.417. The number of rotatable bonds is 6. The summed E-state index contributed by atoms with van der Waals surface area (Å²) in [4.78, 5) is 10.2. The minimum atomic E-state index is -3.81. The summed E-state index contributed by atoms with van der Waals surface area (Å²) in [6.45, 7) is 0. The van der Waals surface area contributed by atoms with Gasteiger partial charge in [-0.1, -0.05) is 0 Å². The third kappa shape index (κ3) is 4.18. The van der Waals surface area contributed by atoms with Crippen LogP contribution in [0.4, 0.5) is 22.0 Å². The average Bonchev–Trinajstić information content (AvgIpc) is 2.22. The number of aliphatic carboxylic acids is 1. The Kier molecular flexibility index (Phi) is 4.85. The summed E-state index contributed by atoms with van der Waals surface area (Å²) in [5, 5.41) is 8.33. The first-order chi connectivity index (χ1) is 8.74. The number of hydrogen-bond acceptors (Lipinski definition) is 1. The average molecular weight is 282 g/mol. The molecule has 0 unspecified atom stereocenters. The van der Waals surface area contributed by atoms with Crippen molar-refractivity contribution in [2.75, 3.05) is 0 Å². The highest BCUT2D eigenvalue weighted by Gasteiger charge is 2.37. The van der Waals surface area contributed by atoms with Crippen LogP contribution in [0.25, 0.3) is 0 Å². The molecule has 1 aromatic rings. The summed E-state index contributed by atoms with van der Waals surface area (Å²) in [5.74, 6) is -9.52. The molecule has 0 saturated carbocycles. The highest BCUT2D eigenvalue weighted by Crippen LogP contribution is 2.37. The molecule has 0 saturated heterocycles. The van der Waals surface area contributed by atoms with Gasteiger partial charge in [-0.2, -0.15) is 0 Å². The third-order valence-corrected chi connectivity index (χ3v) is 2.50. The molecule has 0 heterocycles. The summed E-state index contributed by atoms with van der Waals surface area (Å²) in [6, 6.07) is 0.368. The molecule has 0 atom stereocenters. The molecule has 1 rings (SSSR count). The van der Waals surface area contributed by atoms with Crippen LogP contribution in [0.3, 0.4) is 0 Å². The summed E-state index contributed by atoms with van der Waals surface area (Å²) in [7, 11) is 0. The van der Waals surface area contributed by atoms with Crippen molar-refractivity contribution < 1.29 is 31.9 Å². The second kappa shape index (κ2) is 5.99. The van der Waals surface area contributed by atoms with Gasteiger partial charge >= 0.3 is 5.97 Å². The van der Waals surface area contributed by atoms with Crippen LogP contribution in [0.1, 0.15) is 31.2 Å². The number of alkyl halides is 2. The smallest absolute Gasteiger partial charge is 0.303 e. The molecule has 7 heteroatoms. The molecule has 106 valence electrons. The fourth-order valence-electron chi connectivity index (χ4n) is 1.64. The molecular formula is C12H11F5O2. The van der Waals surface area contributed by atoms with Gasteiger partial charge in [0.25, 0.3) is 5.92 Å². The lowest BCUT2D eigenvalue weighted by Gasteiger charge is -2.18. The van der Waals surface area contributed by atoms with Gasteiger partial charge in [-0.25, -0.2) is 22.0 Å². The summed E-state index contributed by atoms with van der Waals surface area (Å²) in [6.07, 6.45) is -1.45. The first kappa shape index (κ1) is 15.4. The Balaban J connectivity index is 2.79. The van der Waals surface area contributed by atoms with Crippen molar-refractivity contribution in [2.45, 2.75) is 31.6 Å². The van der Waals surface area contributed by atoms with Crippen LogP contribution in [0.15, 0.2) is 12.1 Å². The highest BCUT2D eigenvalue weighted by atomic mass is 19.3. The van der Waals surface area contributed by atoms with Gasteiger partial charge in [0, 0.05) is 25.0 Å². The molecule has 0 radical (unpaired) electrons. The molecule has 1 N–H and O–H groups in total. The van der Waals surface area contributed by atoms with Crippen molar-refractivity contribution in [1.29, 1.82) is 0 Å². The Hall–Kier alpha value is -1.66. The Bertz CT molecular complexity index is 450. The maximum Gasteiger partial charge on any atom is 0.303 e. The number of carboxylic acid groups (broad SMARTS) is 1. The van der Waals surface area contributed by atoms with E-state index in [1.54, 1.807) is 0 Å². The molecule has 0 aliphatic rings. The lowest BCUT2D eigenvalue weighted by atomic mass is 10.0. The molecule has 0 spiro atoms. The maximum absolute atomic E-state index is 13.6. The Labute approximate surface area is 105 Å². The molecule has 0 aliphatic heterocycles. The molecule has 2 nitrogen and oxygen atoms in total. The largest absolute Gasteiger partial charge is 0.481 e. The lowest BCUT2D eigenvalue weighted by Crippen LogP contribution is -2.18. The normalized spacial score (nSPS) is 11.6. The number of carbonyl (C=O) groups is 1. The predicted octanol–water partition coefficient (Wildman–Crippen LogP) is 3.84. The van der Waals surface area contributed by atoms with Gasteiger partial charge in [0.2, 0.25) is 0 Å². The predicted molar refractivity (Wildman–Crippen MR) is 56.3 cm³/mol. The second-order valence-electron chi connectivity index (χ2n) is 4.05. The Morgan fingerprint density at radius 1 is 1.11 bits per heavy atom. The quantitative estimate of drug-likeness (QED) is 0.635. The second-order valence-corrected chi connectivity index (χ2v) is 4.05. The van der Waals surface area contributed by atoms with Gasteiger partial charge in [-0.05, 0) is 12.8 Å². The van der Waals surface area contributed by atoms with Crippen molar-refractivity contribution in [2.24, 2.45) is 0 Å². The number of hydrogen-bond donors (Lipinski definition) is 1. The Morgan fingerprint density at radius 2 is 1.63 bits per heavy atom. The number of halogens is 5. The number of benzene rings is 1.